The van der Waals surface area contributed by atoms with E-state index in [2.05, 4.69) is 5.32 Å². The first-order chi connectivity index (χ1) is 10.1. The Morgan fingerprint density at radius 2 is 1.86 bits per heavy atom. The number of urea groups is 1. The van der Waals surface area contributed by atoms with Crippen molar-refractivity contribution in [2.24, 2.45) is 5.41 Å². The second kappa shape index (κ2) is 5.99. The molecule has 3 fully saturated rings. The van der Waals surface area contributed by atoms with Gasteiger partial charge in [0, 0.05) is 11.8 Å². The van der Waals surface area contributed by atoms with Crippen LogP contribution in [0.25, 0.3) is 0 Å². The molecule has 21 heavy (non-hydrogen) atoms. The smallest absolute Gasteiger partial charge is 0.277 e. The van der Waals surface area contributed by atoms with Crippen LogP contribution in [0.1, 0.15) is 51.4 Å². The average Bonchev–Trinajstić information content (AvgIpc) is 2.52. The topological polar surface area (TPSA) is 66.5 Å². The van der Waals surface area contributed by atoms with Gasteiger partial charge in [-0.3, -0.25) is 19.8 Å². The fourth-order valence-electron chi connectivity index (χ4n) is 3.65. The fourth-order valence-corrected chi connectivity index (χ4v) is 4.94. The van der Waals surface area contributed by atoms with Crippen molar-refractivity contribution in [3.05, 3.63) is 0 Å². The van der Waals surface area contributed by atoms with Gasteiger partial charge >= 0.3 is 6.03 Å². The van der Waals surface area contributed by atoms with Crippen molar-refractivity contribution in [1.82, 2.24) is 10.2 Å². The standard InChI is InChI=1S/C15H22N2O3S/c18-12-15(7-3-1-4-8-15)13(19)17(14(20)16-12)10-11-6-2-5-9-21-11/h11H,1-10H2,(H,16,18,20). The van der Waals surface area contributed by atoms with E-state index in [0.717, 1.165) is 37.9 Å². The summed E-state index contributed by atoms with van der Waals surface area (Å²) in [5.41, 5.74) is -0.967. The zero-order chi connectivity index (χ0) is 14.9. The Bertz CT molecular complexity index is 454. The fraction of sp³-hybridized carbons (Fsp3) is 0.800. The predicted molar refractivity (Wildman–Crippen MR) is 80.9 cm³/mol. The molecule has 2 heterocycles. The van der Waals surface area contributed by atoms with Crippen molar-refractivity contribution in [2.45, 2.75) is 56.6 Å². The molecule has 1 spiro atoms. The molecule has 2 saturated heterocycles. The number of amides is 4. The number of barbiturate groups is 1. The van der Waals surface area contributed by atoms with Crippen LogP contribution >= 0.6 is 11.8 Å². The van der Waals surface area contributed by atoms with Crippen LogP contribution in [0.4, 0.5) is 4.79 Å². The number of nitrogens with one attached hydrogen (secondary N) is 1. The Morgan fingerprint density at radius 1 is 1.10 bits per heavy atom. The summed E-state index contributed by atoms with van der Waals surface area (Å²) >= 11 is 1.84. The molecule has 1 atom stereocenters. The highest BCUT2D eigenvalue weighted by Crippen LogP contribution is 2.40. The minimum absolute atomic E-state index is 0.248. The number of nitrogens with zero attached hydrogens (tertiary/aromatic N) is 1. The van der Waals surface area contributed by atoms with Crippen LogP contribution in [0.3, 0.4) is 0 Å². The van der Waals surface area contributed by atoms with E-state index in [9.17, 15) is 14.4 Å². The van der Waals surface area contributed by atoms with Crippen LogP contribution in [0.2, 0.25) is 0 Å². The highest BCUT2D eigenvalue weighted by molar-refractivity contribution is 7.99. The lowest BCUT2D eigenvalue weighted by molar-refractivity contribution is -0.153. The molecule has 2 aliphatic heterocycles. The van der Waals surface area contributed by atoms with E-state index in [4.69, 9.17) is 0 Å². The molecular weight excluding hydrogens is 288 g/mol. The molecule has 3 rings (SSSR count). The van der Waals surface area contributed by atoms with Crippen molar-refractivity contribution in [2.75, 3.05) is 12.3 Å². The number of hydrogen-bond acceptors (Lipinski definition) is 4. The summed E-state index contributed by atoms with van der Waals surface area (Å²) in [6.45, 7) is 0.449. The normalized spacial score (nSPS) is 29.6. The monoisotopic (exact) mass is 310 g/mol. The van der Waals surface area contributed by atoms with Crippen LogP contribution in [0, 0.1) is 5.41 Å². The first-order valence-corrected chi connectivity index (χ1v) is 8.97. The van der Waals surface area contributed by atoms with E-state index in [1.165, 1.54) is 11.3 Å². The van der Waals surface area contributed by atoms with Crippen molar-refractivity contribution in [3.63, 3.8) is 0 Å². The number of hydrogen-bond donors (Lipinski definition) is 1. The van der Waals surface area contributed by atoms with Crippen molar-refractivity contribution in [1.29, 1.82) is 0 Å². The average molecular weight is 310 g/mol. The zero-order valence-electron chi connectivity index (χ0n) is 12.2. The lowest BCUT2D eigenvalue weighted by atomic mass is 9.71. The van der Waals surface area contributed by atoms with Crippen molar-refractivity contribution < 1.29 is 14.4 Å². The van der Waals surface area contributed by atoms with Crippen LogP contribution in [0.5, 0.6) is 0 Å². The van der Waals surface area contributed by atoms with Gasteiger partial charge in [0.25, 0.3) is 0 Å². The first-order valence-electron chi connectivity index (χ1n) is 7.92. The summed E-state index contributed by atoms with van der Waals surface area (Å²) in [5.74, 6) is 0.477. The van der Waals surface area contributed by atoms with Crippen LogP contribution in [0.15, 0.2) is 0 Å². The highest BCUT2D eigenvalue weighted by Gasteiger charge is 2.54. The highest BCUT2D eigenvalue weighted by atomic mass is 32.2. The van der Waals surface area contributed by atoms with E-state index in [-0.39, 0.29) is 11.8 Å². The molecule has 0 radical (unpaired) electrons. The van der Waals surface area contributed by atoms with E-state index >= 15 is 0 Å². The SMILES string of the molecule is O=C1NC(=O)C2(CCCCC2)C(=O)N1CC1CCCCS1. The van der Waals surface area contributed by atoms with Crippen LogP contribution < -0.4 is 5.32 Å². The van der Waals surface area contributed by atoms with E-state index in [1.807, 2.05) is 11.8 Å². The van der Waals surface area contributed by atoms with Gasteiger partial charge in [-0.25, -0.2) is 4.79 Å². The largest absolute Gasteiger partial charge is 0.330 e. The molecule has 0 aromatic carbocycles. The summed E-state index contributed by atoms with van der Waals surface area (Å²) in [7, 11) is 0. The molecule has 1 saturated carbocycles. The predicted octanol–water partition coefficient (Wildman–Crippen LogP) is 2.30. The summed E-state index contributed by atoms with van der Waals surface area (Å²) in [5, 5.41) is 2.75. The second-order valence-corrected chi connectivity index (χ2v) is 7.71. The number of rotatable bonds is 2. The lowest BCUT2D eigenvalue weighted by Gasteiger charge is -2.42. The van der Waals surface area contributed by atoms with Gasteiger partial charge in [-0.1, -0.05) is 25.7 Å². The van der Waals surface area contributed by atoms with Crippen molar-refractivity contribution >= 4 is 29.6 Å². The quantitative estimate of drug-likeness (QED) is 0.795. The minimum Gasteiger partial charge on any atom is -0.277 e. The molecule has 0 aromatic rings. The maximum Gasteiger partial charge on any atom is 0.330 e. The molecule has 1 N–H and O–H groups in total. The van der Waals surface area contributed by atoms with Gasteiger partial charge in [0.1, 0.15) is 5.41 Å². The molecule has 0 aromatic heterocycles. The summed E-state index contributed by atoms with van der Waals surface area (Å²) in [6, 6.07) is -0.521. The van der Waals surface area contributed by atoms with Crippen LogP contribution in [-0.4, -0.2) is 40.3 Å². The van der Waals surface area contributed by atoms with Gasteiger partial charge in [0.05, 0.1) is 0 Å². The summed E-state index contributed by atoms with van der Waals surface area (Å²) in [4.78, 5) is 38.5. The molecular formula is C15H22N2O3S. The molecule has 0 bridgehead atoms. The van der Waals surface area contributed by atoms with Gasteiger partial charge in [-0.05, 0) is 31.4 Å². The second-order valence-electron chi connectivity index (χ2n) is 6.31. The van der Waals surface area contributed by atoms with Gasteiger partial charge in [-0.2, -0.15) is 11.8 Å². The maximum absolute atomic E-state index is 12.8. The van der Waals surface area contributed by atoms with Gasteiger partial charge < -0.3 is 0 Å². The third kappa shape index (κ3) is 2.70. The van der Waals surface area contributed by atoms with E-state index in [1.54, 1.807) is 0 Å². The Hall–Kier alpha value is -1.04. The number of imide groups is 2. The Balaban J connectivity index is 1.77. The maximum atomic E-state index is 12.8. The lowest BCUT2D eigenvalue weighted by Crippen LogP contribution is -2.65. The molecule has 5 nitrogen and oxygen atoms in total. The zero-order valence-corrected chi connectivity index (χ0v) is 13.0. The molecule has 1 aliphatic carbocycles. The minimum atomic E-state index is -0.967. The molecule has 6 heteroatoms. The number of carbonyl (C=O) groups is 3. The molecule has 4 amide bonds. The first kappa shape index (κ1) is 14.9. The van der Waals surface area contributed by atoms with E-state index < -0.39 is 11.4 Å². The van der Waals surface area contributed by atoms with Crippen LogP contribution in [-0.2, 0) is 9.59 Å². The van der Waals surface area contributed by atoms with Gasteiger partial charge in [-0.15, -0.1) is 0 Å². The summed E-state index contributed by atoms with van der Waals surface area (Å²) in [6.07, 6.45) is 7.42. The third-order valence-electron chi connectivity index (χ3n) is 4.92. The molecule has 116 valence electrons. The Kier molecular flexibility index (Phi) is 4.24. The summed E-state index contributed by atoms with van der Waals surface area (Å²) < 4.78 is 0. The van der Waals surface area contributed by atoms with Gasteiger partial charge in [0.15, 0.2) is 0 Å². The third-order valence-corrected chi connectivity index (χ3v) is 6.30. The number of thioether (sulfide) groups is 1. The van der Waals surface area contributed by atoms with Crippen molar-refractivity contribution in [3.8, 4) is 0 Å². The molecule has 3 aliphatic rings. The van der Waals surface area contributed by atoms with E-state index in [0.29, 0.717) is 24.6 Å². The van der Waals surface area contributed by atoms with Gasteiger partial charge in [0.2, 0.25) is 11.8 Å². The Morgan fingerprint density at radius 3 is 2.52 bits per heavy atom. The number of carbonyl (C=O) groups excluding carboxylic acids is 3. The Labute approximate surface area is 129 Å². The molecule has 1 unspecified atom stereocenters.